The van der Waals surface area contributed by atoms with Crippen molar-refractivity contribution >= 4 is 15.9 Å². The number of nitrogens with zero attached hydrogens (tertiary/aromatic N) is 2. The molecular weight excluding hydrogens is 280 g/mol. The van der Waals surface area contributed by atoms with Crippen LogP contribution in [0.4, 0.5) is 0 Å². The molecule has 0 aliphatic rings. The molecule has 20 heavy (non-hydrogen) atoms. The monoisotopic (exact) mass is 302 g/mol. The summed E-state index contributed by atoms with van der Waals surface area (Å²) in [5.41, 5.74) is 0.238. The van der Waals surface area contributed by atoms with Crippen molar-refractivity contribution in [1.82, 2.24) is 15.1 Å². The van der Waals surface area contributed by atoms with Gasteiger partial charge >= 0.3 is 0 Å². The maximum absolute atomic E-state index is 12.5. The maximum atomic E-state index is 12.5. The fourth-order valence-electron chi connectivity index (χ4n) is 2.03. The summed E-state index contributed by atoms with van der Waals surface area (Å²) in [4.78, 5) is 13.9. The molecule has 0 saturated carbocycles. The van der Waals surface area contributed by atoms with Crippen LogP contribution >= 0.6 is 0 Å². The van der Waals surface area contributed by atoms with Crippen molar-refractivity contribution in [3.05, 3.63) is 11.4 Å². The number of nitrogens with two attached hydrogens (primary N) is 1. The molecule has 0 bridgehead atoms. The largest absolute Gasteiger partial charge is 0.335 e. The molecular formula is C12H22N4O3S. The van der Waals surface area contributed by atoms with Crippen LogP contribution in [-0.4, -0.2) is 42.0 Å². The van der Waals surface area contributed by atoms with E-state index < -0.39 is 15.9 Å². The molecule has 1 amide bonds. The van der Waals surface area contributed by atoms with Gasteiger partial charge in [0.25, 0.3) is 5.91 Å². The van der Waals surface area contributed by atoms with Gasteiger partial charge < -0.3 is 4.90 Å². The second kappa shape index (κ2) is 6.36. The van der Waals surface area contributed by atoms with Crippen LogP contribution in [0.2, 0.25) is 0 Å². The predicted molar refractivity (Wildman–Crippen MR) is 75.8 cm³/mol. The van der Waals surface area contributed by atoms with Crippen molar-refractivity contribution in [3.63, 3.8) is 0 Å². The highest BCUT2D eigenvalue weighted by atomic mass is 32.2. The molecule has 1 rings (SSSR count). The van der Waals surface area contributed by atoms with Crippen LogP contribution in [0.1, 0.15) is 50.3 Å². The Morgan fingerprint density at radius 3 is 2.40 bits per heavy atom. The highest BCUT2D eigenvalue weighted by molar-refractivity contribution is 7.89. The van der Waals surface area contributed by atoms with Gasteiger partial charge in [0.1, 0.15) is 4.90 Å². The lowest BCUT2D eigenvalue weighted by molar-refractivity contribution is 0.0696. The number of sulfonamides is 1. The molecule has 1 heterocycles. The zero-order valence-electron chi connectivity index (χ0n) is 12.3. The maximum Gasteiger partial charge on any atom is 0.276 e. The third-order valence-corrected chi connectivity index (χ3v) is 3.99. The highest BCUT2D eigenvalue weighted by Gasteiger charge is 2.30. The fourth-order valence-corrected chi connectivity index (χ4v) is 2.97. The Balaban J connectivity index is 3.33. The Morgan fingerprint density at radius 2 is 2.00 bits per heavy atom. The van der Waals surface area contributed by atoms with E-state index in [2.05, 4.69) is 10.2 Å². The number of amides is 1. The minimum atomic E-state index is -3.99. The molecule has 7 nitrogen and oxygen atoms in total. The first-order valence-electron chi connectivity index (χ1n) is 6.64. The Labute approximate surface area is 119 Å². The molecule has 0 aliphatic heterocycles. The Kier molecular flexibility index (Phi) is 5.29. The molecule has 0 aromatic carbocycles. The molecule has 0 atom stereocenters. The molecule has 1 aromatic heterocycles. The molecule has 0 aliphatic carbocycles. The average molecular weight is 302 g/mol. The summed E-state index contributed by atoms with van der Waals surface area (Å²) in [5.74, 6) is -0.415. The van der Waals surface area contributed by atoms with Crippen LogP contribution in [0.25, 0.3) is 0 Å². The number of carbonyl (C=O) groups is 1. The molecule has 114 valence electrons. The Bertz CT molecular complexity index is 578. The first-order valence-corrected chi connectivity index (χ1v) is 8.19. The van der Waals surface area contributed by atoms with E-state index in [1.54, 1.807) is 11.8 Å². The second-order valence-electron chi connectivity index (χ2n) is 4.87. The molecule has 3 N–H and O–H groups in total. The number of aromatic amines is 1. The number of aryl methyl sites for hydroxylation is 1. The normalized spacial score (nSPS) is 11.9. The van der Waals surface area contributed by atoms with E-state index in [0.29, 0.717) is 18.7 Å². The second-order valence-corrected chi connectivity index (χ2v) is 6.37. The van der Waals surface area contributed by atoms with Gasteiger partial charge in [-0.1, -0.05) is 13.8 Å². The van der Waals surface area contributed by atoms with Gasteiger partial charge in [-0.3, -0.25) is 9.89 Å². The zero-order chi connectivity index (χ0) is 15.5. The third kappa shape index (κ3) is 3.37. The summed E-state index contributed by atoms with van der Waals surface area (Å²) in [6, 6.07) is -0.0439. The van der Waals surface area contributed by atoms with Crippen LogP contribution < -0.4 is 5.14 Å². The van der Waals surface area contributed by atoms with Crippen LogP contribution in [0, 0.1) is 0 Å². The van der Waals surface area contributed by atoms with E-state index in [1.807, 2.05) is 20.8 Å². The minimum Gasteiger partial charge on any atom is -0.335 e. The predicted octanol–water partition coefficient (Wildman–Crippen LogP) is 0.880. The number of rotatable bonds is 6. The van der Waals surface area contributed by atoms with Gasteiger partial charge in [0, 0.05) is 12.6 Å². The van der Waals surface area contributed by atoms with Gasteiger partial charge in [0.2, 0.25) is 10.0 Å². The summed E-state index contributed by atoms with van der Waals surface area (Å²) in [7, 11) is -3.99. The molecule has 0 fully saturated rings. The van der Waals surface area contributed by atoms with Crippen LogP contribution in [0.3, 0.4) is 0 Å². The Hall–Kier alpha value is -1.41. The van der Waals surface area contributed by atoms with Gasteiger partial charge in [-0.05, 0) is 26.7 Å². The molecule has 0 radical (unpaired) electrons. The minimum absolute atomic E-state index is 0.0439. The van der Waals surface area contributed by atoms with Crippen molar-refractivity contribution in [3.8, 4) is 0 Å². The van der Waals surface area contributed by atoms with E-state index in [1.165, 1.54) is 0 Å². The summed E-state index contributed by atoms with van der Waals surface area (Å²) < 4.78 is 23.4. The summed E-state index contributed by atoms with van der Waals surface area (Å²) in [5, 5.41) is 11.7. The number of primary sulfonamides is 1. The molecule has 8 heteroatoms. The van der Waals surface area contributed by atoms with E-state index in [4.69, 9.17) is 5.14 Å². The van der Waals surface area contributed by atoms with Gasteiger partial charge in [-0.25, -0.2) is 13.6 Å². The Morgan fingerprint density at radius 1 is 1.40 bits per heavy atom. The van der Waals surface area contributed by atoms with E-state index in [0.717, 1.165) is 6.42 Å². The van der Waals surface area contributed by atoms with Gasteiger partial charge in [-0.15, -0.1) is 0 Å². The van der Waals surface area contributed by atoms with Crippen molar-refractivity contribution in [1.29, 1.82) is 0 Å². The van der Waals surface area contributed by atoms with E-state index >= 15 is 0 Å². The average Bonchev–Trinajstić information content (AvgIpc) is 2.78. The summed E-state index contributed by atoms with van der Waals surface area (Å²) in [6.45, 7) is 8.00. The molecule has 0 spiro atoms. The lowest BCUT2D eigenvalue weighted by Crippen LogP contribution is -2.38. The van der Waals surface area contributed by atoms with Gasteiger partial charge in [-0.2, -0.15) is 5.10 Å². The van der Waals surface area contributed by atoms with Crippen LogP contribution in [-0.2, 0) is 16.4 Å². The van der Waals surface area contributed by atoms with Crippen LogP contribution in [0.5, 0.6) is 0 Å². The van der Waals surface area contributed by atoms with Crippen molar-refractivity contribution in [2.24, 2.45) is 5.14 Å². The van der Waals surface area contributed by atoms with E-state index in [-0.39, 0.29) is 16.6 Å². The van der Waals surface area contributed by atoms with Crippen LogP contribution in [0.15, 0.2) is 4.90 Å². The number of H-pyrrole nitrogens is 1. The quantitative estimate of drug-likeness (QED) is 0.812. The van der Waals surface area contributed by atoms with Gasteiger partial charge in [0.15, 0.2) is 5.69 Å². The molecule has 1 aromatic rings. The highest BCUT2D eigenvalue weighted by Crippen LogP contribution is 2.20. The number of aromatic nitrogens is 2. The summed E-state index contributed by atoms with van der Waals surface area (Å²) in [6.07, 6.45) is 1.18. The van der Waals surface area contributed by atoms with Crippen molar-refractivity contribution in [2.75, 3.05) is 6.54 Å². The standard InChI is InChI=1S/C12H22N4O3S/c1-5-7-16(8(3)4)12(17)10-11(20(13,18)19)9(6-2)14-15-10/h8H,5-7H2,1-4H3,(H,14,15)(H2,13,18,19). The smallest absolute Gasteiger partial charge is 0.276 e. The third-order valence-electron chi connectivity index (χ3n) is 2.98. The number of hydrogen-bond donors (Lipinski definition) is 2. The SMILES string of the molecule is CCCN(C(=O)c1n[nH]c(CC)c1S(N)(=O)=O)C(C)C. The van der Waals surface area contributed by atoms with E-state index in [9.17, 15) is 13.2 Å². The molecule has 0 saturated heterocycles. The molecule has 0 unspecified atom stereocenters. The summed E-state index contributed by atoms with van der Waals surface area (Å²) >= 11 is 0. The number of nitrogens with one attached hydrogen (secondary N) is 1. The first-order chi connectivity index (χ1) is 9.23. The lowest BCUT2D eigenvalue weighted by atomic mass is 10.2. The number of carbonyl (C=O) groups excluding carboxylic acids is 1. The number of hydrogen-bond acceptors (Lipinski definition) is 4. The van der Waals surface area contributed by atoms with Gasteiger partial charge in [0.05, 0.1) is 5.69 Å². The zero-order valence-corrected chi connectivity index (χ0v) is 13.1. The van der Waals surface area contributed by atoms with Crippen molar-refractivity contribution < 1.29 is 13.2 Å². The van der Waals surface area contributed by atoms with Crippen molar-refractivity contribution in [2.45, 2.75) is 51.5 Å². The first kappa shape index (κ1) is 16.6. The topological polar surface area (TPSA) is 109 Å². The lowest BCUT2D eigenvalue weighted by Gasteiger charge is -2.25. The fraction of sp³-hybridized carbons (Fsp3) is 0.667.